The zero-order chi connectivity index (χ0) is 59.1. The first-order valence-electron chi connectivity index (χ1n) is 32.7. The van der Waals surface area contributed by atoms with Gasteiger partial charge in [0.05, 0.1) is 34.4 Å². The van der Waals surface area contributed by atoms with Crippen molar-refractivity contribution < 1.29 is 42.9 Å². The van der Waals surface area contributed by atoms with Gasteiger partial charge in [-0.2, -0.15) is 0 Å². The Morgan fingerprint density at radius 3 is 1.05 bits per heavy atom. The second-order valence-electron chi connectivity index (χ2n) is 22.7. The van der Waals surface area contributed by atoms with Gasteiger partial charge in [-0.15, -0.1) is 0 Å². The van der Waals surface area contributed by atoms with E-state index in [-0.39, 0.29) is 38.6 Å². The monoisotopic (exact) mass is 1130 g/mol. The first kappa shape index (κ1) is 76.7. The van der Waals surface area contributed by atoms with E-state index in [1.165, 1.54) is 116 Å². The summed E-state index contributed by atoms with van der Waals surface area (Å²) in [5.41, 5.74) is 0. The molecule has 462 valence electrons. The van der Waals surface area contributed by atoms with Gasteiger partial charge in [-0.3, -0.25) is 9.59 Å². The number of carbonyl (C=O) groups excluding carboxylic acids is 2. The van der Waals surface area contributed by atoms with Gasteiger partial charge in [-0.1, -0.05) is 257 Å². The maximum atomic E-state index is 12.9. The van der Waals surface area contributed by atoms with Crippen LogP contribution in [0.3, 0.4) is 0 Å². The van der Waals surface area contributed by atoms with Crippen molar-refractivity contribution in [1.29, 1.82) is 0 Å². The van der Waals surface area contributed by atoms with E-state index in [1.807, 2.05) is 21.1 Å². The first-order chi connectivity index (χ1) is 39.6. The molecule has 0 heterocycles. The van der Waals surface area contributed by atoms with E-state index < -0.39 is 24.3 Å². The van der Waals surface area contributed by atoms with Crippen molar-refractivity contribution in [1.82, 2.24) is 0 Å². The van der Waals surface area contributed by atoms with E-state index in [1.54, 1.807) is 0 Å². The molecule has 9 heteroatoms. The Morgan fingerprint density at radius 1 is 0.383 bits per heavy atom. The van der Waals surface area contributed by atoms with Crippen molar-refractivity contribution in [3.05, 3.63) is 122 Å². The smallest absolute Gasteiger partial charge is 0.361 e. The standard InChI is InChI=1S/C72H121NO8/c1-6-8-10-12-14-16-18-20-22-24-26-28-29-30-31-32-33-34-35-36-37-38-39-40-41-43-45-47-49-51-53-55-57-59-61-63-70(75)81-68(67-80-72(71(76)77)78-65-64-73(3,4)5)66-79-69(74)62-60-58-56-54-52-50-48-46-44-42-27-25-23-21-19-17-15-13-11-9-7-2/h8,10,14,16,19-22,25-28,30-31,33-34,36-37,44,46,68,72H,6-7,9,11-13,15,17-18,23-24,29,32,35,38-43,45,47-67H2,1-5H3/p+1/b10-8-,16-14-,21-19-,22-20-,27-25-,28-26-,31-30-,34-33-,37-36-,46-44-. The quantitative estimate of drug-likeness (QED) is 0.0211. The Balaban J connectivity index is 4.18. The maximum Gasteiger partial charge on any atom is 0.361 e. The number of carbonyl (C=O) groups is 3. The van der Waals surface area contributed by atoms with E-state index in [4.69, 9.17) is 18.9 Å². The highest BCUT2D eigenvalue weighted by Crippen LogP contribution is 2.16. The summed E-state index contributed by atoms with van der Waals surface area (Å²) in [5, 5.41) is 9.73. The predicted molar refractivity (Wildman–Crippen MR) is 345 cm³/mol. The van der Waals surface area contributed by atoms with E-state index in [0.717, 1.165) is 109 Å². The molecular weight excluding hydrogens is 1010 g/mol. The molecule has 0 aromatic carbocycles. The van der Waals surface area contributed by atoms with E-state index in [0.29, 0.717) is 17.4 Å². The number of unbranched alkanes of at least 4 members (excludes halogenated alkanes) is 24. The number of esters is 2. The number of hydrogen-bond donors (Lipinski definition) is 1. The van der Waals surface area contributed by atoms with Crippen LogP contribution in [0.2, 0.25) is 0 Å². The van der Waals surface area contributed by atoms with E-state index in [2.05, 4.69) is 135 Å². The van der Waals surface area contributed by atoms with Gasteiger partial charge in [0, 0.05) is 12.8 Å². The van der Waals surface area contributed by atoms with Gasteiger partial charge in [0.1, 0.15) is 13.2 Å². The number of likely N-dealkylation sites (N-methyl/N-ethyl adjacent to an activating group) is 1. The average Bonchev–Trinajstić information content (AvgIpc) is 3.44. The maximum absolute atomic E-state index is 12.9. The van der Waals surface area contributed by atoms with Crippen molar-refractivity contribution in [3.8, 4) is 0 Å². The lowest BCUT2D eigenvalue weighted by Gasteiger charge is -2.25. The molecular formula is C72H122NO8+. The molecule has 0 rings (SSSR count). The largest absolute Gasteiger partial charge is 0.477 e. The van der Waals surface area contributed by atoms with Crippen LogP contribution in [0.1, 0.15) is 258 Å². The molecule has 2 atom stereocenters. The first-order valence-corrected chi connectivity index (χ1v) is 32.7. The molecule has 2 unspecified atom stereocenters. The number of carboxylic acids is 1. The summed E-state index contributed by atoms with van der Waals surface area (Å²) in [6.45, 7) is 4.74. The van der Waals surface area contributed by atoms with Crippen molar-refractivity contribution in [2.24, 2.45) is 0 Å². The summed E-state index contributed by atoms with van der Waals surface area (Å²) in [4.78, 5) is 37.5. The minimum atomic E-state index is -1.52. The van der Waals surface area contributed by atoms with Crippen LogP contribution in [-0.4, -0.2) is 87.4 Å². The van der Waals surface area contributed by atoms with Crippen molar-refractivity contribution in [3.63, 3.8) is 0 Å². The summed E-state index contributed by atoms with van der Waals surface area (Å²) in [7, 11) is 5.96. The fourth-order valence-corrected chi connectivity index (χ4v) is 8.71. The molecule has 0 spiro atoms. The van der Waals surface area contributed by atoms with E-state index >= 15 is 0 Å². The second-order valence-corrected chi connectivity index (χ2v) is 22.7. The van der Waals surface area contributed by atoms with Crippen LogP contribution < -0.4 is 0 Å². The van der Waals surface area contributed by atoms with Crippen molar-refractivity contribution >= 4 is 17.9 Å². The molecule has 0 radical (unpaired) electrons. The number of allylic oxidation sites excluding steroid dienone is 20. The Morgan fingerprint density at radius 2 is 0.704 bits per heavy atom. The highest BCUT2D eigenvalue weighted by atomic mass is 16.7. The molecule has 0 bridgehead atoms. The zero-order valence-corrected chi connectivity index (χ0v) is 52.7. The molecule has 1 N–H and O–H groups in total. The molecule has 0 saturated carbocycles. The van der Waals surface area contributed by atoms with Gasteiger partial charge in [-0.05, 0) is 109 Å². The molecule has 0 aliphatic heterocycles. The molecule has 0 aliphatic rings. The van der Waals surface area contributed by atoms with Crippen molar-refractivity contribution in [2.45, 2.75) is 270 Å². The van der Waals surface area contributed by atoms with Crippen LogP contribution in [0.5, 0.6) is 0 Å². The third kappa shape index (κ3) is 63.1. The highest BCUT2D eigenvalue weighted by molar-refractivity contribution is 5.71. The number of hydrogen-bond acceptors (Lipinski definition) is 7. The van der Waals surface area contributed by atoms with Crippen molar-refractivity contribution in [2.75, 3.05) is 47.5 Å². The lowest BCUT2D eigenvalue weighted by Crippen LogP contribution is -2.40. The lowest BCUT2D eigenvalue weighted by molar-refractivity contribution is -0.870. The van der Waals surface area contributed by atoms with Crippen LogP contribution in [0.4, 0.5) is 0 Å². The normalized spacial score (nSPS) is 13.5. The summed E-state index contributed by atoms with van der Waals surface area (Å²) >= 11 is 0. The lowest BCUT2D eigenvalue weighted by atomic mass is 10.0. The van der Waals surface area contributed by atoms with Crippen LogP contribution in [0.25, 0.3) is 0 Å². The third-order valence-electron chi connectivity index (χ3n) is 13.7. The molecule has 0 fully saturated rings. The minimum Gasteiger partial charge on any atom is -0.477 e. The minimum absolute atomic E-state index is 0.180. The predicted octanol–water partition coefficient (Wildman–Crippen LogP) is 20.0. The summed E-state index contributed by atoms with van der Waals surface area (Å²) in [6.07, 6.45) is 84.3. The van der Waals surface area contributed by atoms with E-state index in [9.17, 15) is 19.5 Å². The SMILES string of the molecule is CC/C=C\C/C=C\C/C=C\C/C=C\C/C=C\C/C=C\C/C=C\CCCCCCCCCCCCCCCC(=O)OC(COC(=O)CCCCCCCC/C=C\C/C=C\C/C=C\CCCCCCC)COC(OCC[N+](C)(C)C)C(=O)O. The van der Waals surface area contributed by atoms with Gasteiger partial charge in [-0.25, -0.2) is 4.79 Å². The summed E-state index contributed by atoms with van der Waals surface area (Å²) < 4.78 is 22.9. The number of rotatable bonds is 59. The summed E-state index contributed by atoms with van der Waals surface area (Å²) in [5.74, 6) is -2.03. The Hall–Kier alpha value is -4.31. The van der Waals surface area contributed by atoms with Crippen LogP contribution in [0, 0.1) is 0 Å². The van der Waals surface area contributed by atoms with Gasteiger partial charge < -0.3 is 28.5 Å². The highest BCUT2D eigenvalue weighted by Gasteiger charge is 2.25. The van der Waals surface area contributed by atoms with Gasteiger partial charge >= 0.3 is 17.9 Å². The number of ether oxygens (including phenoxy) is 4. The van der Waals surface area contributed by atoms with Crippen LogP contribution in [0.15, 0.2) is 122 Å². The molecule has 0 saturated heterocycles. The van der Waals surface area contributed by atoms with Crippen LogP contribution >= 0.6 is 0 Å². The molecule has 0 aromatic rings. The number of quaternary nitrogens is 1. The zero-order valence-electron chi connectivity index (χ0n) is 52.7. The van der Waals surface area contributed by atoms with Gasteiger partial charge in [0.15, 0.2) is 6.10 Å². The fraction of sp³-hybridized carbons (Fsp3) is 0.681. The fourth-order valence-electron chi connectivity index (χ4n) is 8.71. The Kier molecular flexibility index (Phi) is 58.5. The number of carboxylic acid groups (broad SMARTS) is 1. The molecule has 9 nitrogen and oxygen atoms in total. The van der Waals surface area contributed by atoms with Crippen LogP contribution in [-0.2, 0) is 33.3 Å². The Labute approximate surface area is 497 Å². The number of nitrogens with zero attached hydrogens (tertiary/aromatic N) is 1. The van der Waals surface area contributed by atoms with Gasteiger partial charge in [0.25, 0.3) is 6.29 Å². The molecule has 0 aliphatic carbocycles. The van der Waals surface area contributed by atoms with Gasteiger partial charge in [0.2, 0.25) is 0 Å². The third-order valence-corrected chi connectivity index (χ3v) is 13.7. The molecule has 81 heavy (non-hydrogen) atoms. The summed E-state index contributed by atoms with van der Waals surface area (Å²) in [6, 6.07) is 0. The topological polar surface area (TPSA) is 108 Å². The Bertz CT molecular complexity index is 1740. The molecule has 0 aromatic heterocycles. The second kappa shape index (κ2) is 61.8. The average molecular weight is 1130 g/mol. The number of aliphatic carboxylic acids is 1. The molecule has 0 amide bonds.